The number of hydrogen-bond acceptors (Lipinski definition) is 17. The summed E-state index contributed by atoms with van der Waals surface area (Å²) >= 11 is 0. The highest BCUT2D eigenvalue weighted by Gasteiger charge is 2.59. The van der Waals surface area contributed by atoms with E-state index in [4.69, 9.17) is 37.9 Å². The van der Waals surface area contributed by atoms with Crippen molar-refractivity contribution in [2.24, 2.45) is 10.8 Å². The van der Waals surface area contributed by atoms with Gasteiger partial charge in [-0.15, -0.1) is 0 Å². The molecule has 4 rings (SSSR count). The molecule has 64 heavy (non-hydrogen) atoms. The summed E-state index contributed by atoms with van der Waals surface area (Å²) in [5, 5.41) is 47.5. The van der Waals surface area contributed by atoms with E-state index in [-0.39, 0.29) is 50.5 Å². The van der Waals surface area contributed by atoms with Crippen molar-refractivity contribution in [3.05, 3.63) is 59.8 Å². The molecule has 6 bridgehead atoms. The smallest absolute Gasteiger partial charge is 0.331 e. The molecule has 17 heteroatoms. The van der Waals surface area contributed by atoms with E-state index in [0.717, 1.165) is 32.1 Å². The van der Waals surface area contributed by atoms with Crippen LogP contribution >= 0.6 is 0 Å². The second-order valence-electron chi connectivity index (χ2n) is 18.3. The van der Waals surface area contributed by atoms with E-state index in [1.54, 1.807) is 45.9 Å². The first-order valence-corrected chi connectivity index (χ1v) is 21.9. The van der Waals surface area contributed by atoms with Gasteiger partial charge in [-0.05, 0) is 38.2 Å². The van der Waals surface area contributed by atoms with E-state index >= 15 is 0 Å². The van der Waals surface area contributed by atoms with Crippen LogP contribution in [0.1, 0.15) is 113 Å². The average molecular weight is 905 g/mol. The van der Waals surface area contributed by atoms with Crippen molar-refractivity contribution < 1.29 is 82.3 Å². The molecule has 1 unspecified atom stereocenters. The van der Waals surface area contributed by atoms with Gasteiger partial charge >= 0.3 is 29.8 Å². The van der Waals surface area contributed by atoms with Gasteiger partial charge in [0.25, 0.3) is 0 Å². The molecule has 4 N–H and O–H groups in total. The lowest BCUT2D eigenvalue weighted by atomic mass is 9.70. The van der Waals surface area contributed by atoms with Crippen molar-refractivity contribution in [1.29, 1.82) is 0 Å². The number of allylic oxidation sites excluding steroid dienone is 3. The molecule has 358 valence electrons. The van der Waals surface area contributed by atoms with Crippen molar-refractivity contribution in [2.75, 3.05) is 14.2 Å². The molecule has 11 atom stereocenters. The molecule has 0 aromatic heterocycles. The zero-order valence-electron chi connectivity index (χ0n) is 38.5. The predicted molar refractivity (Wildman–Crippen MR) is 228 cm³/mol. The Hall–Kier alpha value is -4.23. The number of aliphatic hydroxyl groups excluding tert-OH is 2. The van der Waals surface area contributed by atoms with Crippen LogP contribution in [0.25, 0.3) is 0 Å². The van der Waals surface area contributed by atoms with Gasteiger partial charge in [-0.25, -0.2) is 14.4 Å². The van der Waals surface area contributed by atoms with Crippen molar-refractivity contribution in [3.8, 4) is 0 Å². The fraction of sp³-hybridized carbons (Fsp3) is 0.681. The van der Waals surface area contributed by atoms with Crippen molar-refractivity contribution in [2.45, 2.75) is 179 Å². The first kappa shape index (κ1) is 52.4. The summed E-state index contributed by atoms with van der Waals surface area (Å²) in [6.45, 7) is 11.2. The number of rotatable bonds is 9. The van der Waals surface area contributed by atoms with Crippen LogP contribution in [0.15, 0.2) is 59.8 Å². The Bertz CT molecular complexity index is 1830. The molecule has 0 spiro atoms. The van der Waals surface area contributed by atoms with Crippen LogP contribution in [-0.2, 0) is 61.9 Å². The number of esters is 5. The molecule has 3 saturated heterocycles. The van der Waals surface area contributed by atoms with Gasteiger partial charge in [-0.3, -0.25) is 9.59 Å². The minimum atomic E-state index is -2.47. The highest BCUT2D eigenvalue weighted by atomic mass is 16.7. The topological polar surface area (TPSA) is 240 Å². The summed E-state index contributed by atoms with van der Waals surface area (Å²) in [4.78, 5) is 64.7. The molecular formula is C47H68O17. The van der Waals surface area contributed by atoms with Gasteiger partial charge in [-0.1, -0.05) is 77.0 Å². The fourth-order valence-corrected chi connectivity index (χ4v) is 8.57. The Balaban J connectivity index is 1.89. The van der Waals surface area contributed by atoms with Crippen molar-refractivity contribution in [3.63, 3.8) is 0 Å². The molecule has 0 radical (unpaired) electrons. The lowest BCUT2D eigenvalue weighted by Crippen LogP contribution is -2.62. The zero-order chi connectivity index (χ0) is 47.6. The van der Waals surface area contributed by atoms with E-state index in [1.165, 1.54) is 33.1 Å². The number of aliphatic hydroxyl groups is 4. The molecule has 4 heterocycles. The summed E-state index contributed by atoms with van der Waals surface area (Å²) in [5.41, 5.74) is -2.06. The minimum absolute atomic E-state index is 0.0721. The van der Waals surface area contributed by atoms with Gasteiger partial charge < -0.3 is 58.3 Å². The molecule has 4 aliphatic heterocycles. The second kappa shape index (κ2) is 22.3. The standard InChI is InChI=1S/C47H68O17/c1-10-11-12-13-14-15-39(51)62-43-31(22-41(53)58-9)21-34-25-37(28(2)48)61-42(54)24-32(50)23-35-26-38(59-29(3)49)45(6,7)46(55,63-35)27-36-19-30(20-40(52)57-8)18-33(60-36)16-17-44(4,5)47(43,56)64-34/h12-17,20,22,28,32-38,43,48,50,55-56H,10-11,18-19,21,23-27H2,1-9H3/b13-12+,15-14+,17-16-,30-20+,31-22+/t28-,32-,33?,34+,35-,36+,37-,38+,43+,46+,47-/m1/s1. The molecule has 0 amide bonds. The molecule has 0 aromatic rings. The van der Waals surface area contributed by atoms with E-state index in [0.29, 0.717) is 5.57 Å². The van der Waals surface area contributed by atoms with E-state index in [2.05, 4.69) is 0 Å². The Labute approximate surface area is 375 Å². The van der Waals surface area contributed by atoms with Gasteiger partial charge in [0.1, 0.15) is 12.2 Å². The Kier molecular flexibility index (Phi) is 18.3. The van der Waals surface area contributed by atoms with E-state index in [9.17, 15) is 44.4 Å². The van der Waals surface area contributed by atoms with Crippen LogP contribution in [0.4, 0.5) is 0 Å². The minimum Gasteiger partial charge on any atom is -0.466 e. The van der Waals surface area contributed by atoms with E-state index < -0.39 is 114 Å². The molecule has 4 aliphatic rings. The normalized spacial score (nSPS) is 35.8. The van der Waals surface area contributed by atoms with Crippen LogP contribution in [0.2, 0.25) is 0 Å². The number of cyclic esters (lactones) is 1. The van der Waals surface area contributed by atoms with Crippen molar-refractivity contribution >= 4 is 29.8 Å². The van der Waals surface area contributed by atoms with Crippen LogP contribution in [0, 0.1) is 10.8 Å². The second-order valence-corrected chi connectivity index (χ2v) is 18.3. The summed E-state index contributed by atoms with van der Waals surface area (Å²) in [6.07, 6.45) is 2.55. The van der Waals surface area contributed by atoms with Crippen LogP contribution in [0.5, 0.6) is 0 Å². The van der Waals surface area contributed by atoms with Crippen LogP contribution in [0.3, 0.4) is 0 Å². The van der Waals surface area contributed by atoms with Crippen LogP contribution < -0.4 is 0 Å². The molecule has 3 fully saturated rings. The maximum atomic E-state index is 13.4. The third-order valence-electron chi connectivity index (χ3n) is 12.4. The molecule has 0 aliphatic carbocycles. The molecular weight excluding hydrogens is 836 g/mol. The van der Waals surface area contributed by atoms with Crippen LogP contribution in [-0.4, -0.2) is 131 Å². The zero-order valence-corrected chi connectivity index (χ0v) is 38.5. The van der Waals surface area contributed by atoms with Gasteiger partial charge in [0, 0.05) is 56.3 Å². The Morgan fingerprint density at radius 1 is 0.875 bits per heavy atom. The van der Waals surface area contributed by atoms with Gasteiger partial charge in [0.05, 0.1) is 62.7 Å². The van der Waals surface area contributed by atoms with Gasteiger partial charge in [0.2, 0.25) is 5.79 Å². The number of unbranched alkanes of at least 4 members (excludes halogenated alkanes) is 1. The number of carbonyl (C=O) groups is 5. The lowest BCUT2D eigenvalue weighted by Gasteiger charge is -2.53. The highest BCUT2D eigenvalue weighted by Crippen LogP contribution is 2.50. The Morgan fingerprint density at radius 3 is 2.20 bits per heavy atom. The SMILES string of the molecule is CCC/C=C/C=C/C(=O)O[C@H]1/C(=C/C(=O)OC)C[C@H]2C[C@H]([C@@H](C)O)OC(=O)C[C@H](O)C[C@@H]3C[C@H](OC(C)=O)C(C)(C)[C@](O)(C[C@@H]4C/C(=C/C(=O)OC)CC(/C=C\C(C)(C)[C@]1(O)O2)O4)O3. The highest BCUT2D eigenvalue weighted by molar-refractivity contribution is 5.85. The summed E-state index contributed by atoms with van der Waals surface area (Å²) in [7, 11) is 2.40. The summed E-state index contributed by atoms with van der Waals surface area (Å²) in [5.74, 6) is -8.31. The third-order valence-corrected chi connectivity index (χ3v) is 12.4. The quantitative estimate of drug-likeness (QED) is 0.0830. The number of hydrogen-bond donors (Lipinski definition) is 4. The molecule has 0 aromatic carbocycles. The molecule has 0 saturated carbocycles. The first-order chi connectivity index (χ1) is 29.9. The van der Waals surface area contributed by atoms with Gasteiger partial charge in [0.15, 0.2) is 11.9 Å². The Morgan fingerprint density at radius 2 is 1.56 bits per heavy atom. The lowest BCUT2D eigenvalue weighted by molar-refractivity contribution is -0.348. The number of carbonyl (C=O) groups excluding carboxylic acids is 5. The predicted octanol–water partition coefficient (Wildman–Crippen LogP) is 4.28. The van der Waals surface area contributed by atoms with Crippen molar-refractivity contribution in [1.82, 2.24) is 0 Å². The van der Waals surface area contributed by atoms with E-state index in [1.807, 2.05) is 13.0 Å². The number of fused-ring (bicyclic) bond motifs is 6. The maximum absolute atomic E-state index is 13.4. The third kappa shape index (κ3) is 13.4. The maximum Gasteiger partial charge on any atom is 0.331 e. The van der Waals surface area contributed by atoms with Gasteiger partial charge in [-0.2, -0.15) is 0 Å². The number of methoxy groups -OCH3 is 2. The summed E-state index contributed by atoms with van der Waals surface area (Å²) < 4.78 is 46.7. The largest absolute Gasteiger partial charge is 0.466 e. The summed E-state index contributed by atoms with van der Waals surface area (Å²) in [6, 6.07) is 0. The first-order valence-electron chi connectivity index (χ1n) is 21.9. The number of ether oxygens (including phenoxy) is 8. The average Bonchev–Trinajstić information content (AvgIpc) is 3.19. The monoisotopic (exact) mass is 904 g/mol. The fourth-order valence-electron chi connectivity index (χ4n) is 8.57. The molecule has 17 nitrogen and oxygen atoms in total.